The fourth-order valence-corrected chi connectivity index (χ4v) is 2.52. The van der Waals surface area contributed by atoms with Crippen molar-refractivity contribution in [2.75, 3.05) is 13.2 Å². The summed E-state index contributed by atoms with van der Waals surface area (Å²) in [5.41, 5.74) is 1.85. The maximum absolute atomic E-state index is 11.0. The molecule has 2 rings (SSSR count). The van der Waals surface area contributed by atoms with Gasteiger partial charge in [-0.05, 0) is 50.0 Å². The molecule has 0 saturated carbocycles. The summed E-state index contributed by atoms with van der Waals surface area (Å²) in [7, 11) is 0. The predicted octanol–water partition coefficient (Wildman–Crippen LogP) is 4.97. The quantitative estimate of drug-likeness (QED) is 0.387. The van der Waals surface area contributed by atoms with Crippen LogP contribution < -0.4 is 4.74 Å². The van der Waals surface area contributed by atoms with Gasteiger partial charge in [-0.25, -0.2) is 0 Å². The largest absolute Gasteiger partial charge is 0.493 e. The molecule has 2 aromatic rings. The molecule has 1 aromatic carbocycles. The van der Waals surface area contributed by atoms with Crippen molar-refractivity contribution in [2.45, 2.75) is 39.5 Å². The maximum atomic E-state index is 11.0. The van der Waals surface area contributed by atoms with Gasteiger partial charge in [-0.2, -0.15) is 0 Å². The SMILES string of the molecule is CCC(=O)OCCCCCOc1cc(=S)oc2cccc(C)c12. The average Bonchev–Trinajstić information content (AvgIpc) is 2.53. The molecule has 0 amide bonds. The van der Waals surface area contributed by atoms with Gasteiger partial charge in [0.15, 0.2) is 4.71 Å². The van der Waals surface area contributed by atoms with Crippen molar-refractivity contribution in [3.8, 4) is 5.75 Å². The number of esters is 1. The van der Waals surface area contributed by atoms with Crippen LogP contribution in [0.3, 0.4) is 0 Å². The molecule has 1 heterocycles. The van der Waals surface area contributed by atoms with Crippen LogP contribution >= 0.6 is 12.2 Å². The number of carbonyl (C=O) groups excluding carboxylic acids is 1. The zero-order valence-corrected chi connectivity index (χ0v) is 14.4. The third kappa shape index (κ3) is 5.06. The summed E-state index contributed by atoms with van der Waals surface area (Å²) in [4.78, 5) is 11.0. The zero-order chi connectivity index (χ0) is 16.7. The standard InChI is InChI=1S/C18H22O4S/c1-3-16(19)21-11-6-4-5-10-20-15-12-17(23)22-14-9-7-8-13(2)18(14)15/h7-9,12H,3-6,10-11H2,1-2H3. The third-order valence-corrected chi connectivity index (χ3v) is 3.74. The van der Waals surface area contributed by atoms with Gasteiger partial charge in [0.1, 0.15) is 11.3 Å². The number of fused-ring (bicyclic) bond motifs is 1. The van der Waals surface area contributed by atoms with Crippen molar-refractivity contribution in [3.05, 3.63) is 34.5 Å². The Kier molecular flexibility index (Phi) is 6.59. The number of benzene rings is 1. The molecule has 0 saturated heterocycles. The van der Waals surface area contributed by atoms with E-state index in [4.69, 9.17) is 26.1 Å². The number of hydrogen-bond donors (Lipinski definition) is 0. The molecule has 0 unspecified atom stereocenters. The maximum Gasteiger partial charge on any atom is 0.305 e. The van der Waals surface area contributed by atoms with E-state index in [0.717, 1.165) is 41.5 Å². The second-order valence-electron chi connectivity index (χ2n) is 5.36. The van der Waals surface area contributed by atoms with Gasteiger partial charge in [0, 0.05) is 12.5 Å². The van der Waals surface area contributed by atoms with E-state index in [1.165, 1.54) is 0 Å². The van der Waals surface area contributed by atoms with Crippen LogP contribution in [0.5, 0.6) is 5.75 Å². The van der Waals surface area contributed by atoms with E-state index < -0.39 is 0 Å². The number of rotatable bonds is 8. The topological polar surface area (TPSA) is 48.7 Å². The van der Waals surface area contributed by atoms with Crippen LogP contribution in [0.2, 0.25) is 0 Å². The van der Waals surface area contributed by atoms with Gasteiger partial charge in [0.2, 0.25) is 0 Å². The van der Waals surface area contributed by atoms with Crippen LogP contribution in [0.1, 0.15) is 38.2 Å². The van der Waals surface area contributed by atoms with E-state index in [0.29, 0.717) is 24.3 Å². The molecule has 0 atom stereocenters. The van der Waals surface area contributed by atoms with Crippen molar-refractivity contribution in [3.63, 3.8) is 0 Å². The molecule has 23 heavy (non-hydrogen) atoms. The second kappa shape index (κ2) is 8.67. The minimum atomic E-state index is -0.144. The Labute approximate surface area is 141 Å². The molecule has 0 spiro atoms. The van der Waals surface area contributed by atoms with Crippen LogP contribution in [-0.2, 0) is 9.53 Å². The second-order valence-corrected chi connectivity index (χ2v) is 5.76. The lowest BCUT2D eigenvalue weighted by molar-refractivity contribution is -0.143. The minimum absolute atomic E-state index is 0.144. The van der Waals surface area contributed by atoms with Crippen LogP contribution in [0.4, 0.5) is 0 Å². The molecule has 5 heteroatoms. The van der Waals surface area contributed by atoms with Crippen molar-refractivity contribution in [1.82, 2.24) is 0 Å². The van der Waals surface area contributed by atoms with Gasteiger partial charge in [-0.1, -0.05) is 19.1 Å². The Morgan fingerprint density at radius 3 is 2.78 bits per heavy atom. The minimum Gasteiger partial charge on any atom is -0.493 e. The molecule has 0 radical (unpaired) electrons. The zero-order valence-electron chi connectivity index (χ0n) is 13.6. The molecule has 0 aliphatic heterocycles. The number of ether oxygens (including phenoxy) is 2. The smallest absolute Gasteiger partial charge is 0.305 e. The molecule has 4 nitrogen and oxygen atoms in total. The molecule has 0 aliphatic carbocycles. The highest BCUT2D eigenvalue weighted by Gasteiger charge is 2.08. The Morgan fingerprint density at radius 2 is 2.00 bits per heavy atom. The van der Waals surface area contributed by atoms with Gasteiger partial charge in [-0.3, -0.25) is 4.79 Å². The van der Waals surface area contributed by atoms with Crippen molar-refractivity contribution in [2.24, 2.45) is 0 Å². The molecule has 0 N–H and O–H groups in total. The summed E-state index contributed by atoms with van der Waals surface area (Å²) in [5.74, 6) is 0.626. The van der Waals surface area contributed by atoms with E-state index in [2.05, 4.69) is 0 Å². The summed E-state index contributed by atoms with van der Waals surface area (Å²) in [6.45, 7) is 4.90. The number of aryl methyl sites for hydroxylation is 1. The fourth-order valence-electron chi connectivity index (χ4n) is 2.32. The average molecular weight is 334 g/mol. The normalized spacial score (nSPS) is 10.7. The molecular weight excluding hydrogens is 312 g/mol. The van der Waals surface area contributed by atoms with Gasteiger partial charge in [0.05, 0.1) is 18.6 Å². The van der Waals surface area contributed by atoms with Crippen molar-refractivity contribution >= 4 is 29.2 Å². The fraction of sp³-hybridized carbons (Fsp3) is 0.444. The predicted molar refractivity (Wildman–Crippen MR) is 92.4 cm³/mol. The van der Waals surface area contributed by atoms with E-state index in [9.17, 15) is 4.79 Å². The van der Waals surface area contributed by atoms with Crippen LogP contribution in [0.15, 0.2) is 28.7 Å². The molecular formula is C18H22O4S. The van der Waals surface area contributed by atoms with E-state index in [1.54, 1.807) is 13.0 Å². The summed E-state index contributed by atoms with van der Waals surface area (Å²) in [5, 5.41) is 0.970. The van der Waals surface area contributed by atoms with E-state index >= 15 is 0 Å². The highest BCUT2D eigenvalue weighted by atomic mass is 32.1. The van der Waals surface area contributed by atoms with Crippen LogP contribution in [-0.4, -0.2) is 19.2 Å². The van der Waals surface area contributed by atoms with Gasteiger partial charge < -0.3 is 13.9 Å². The highest BCUT2D eigenvalue weighted by molar-refractivity contribution is 7.71. The lowest BCUT2D eigenvalue weighted by Crippen LogP contribution is -2.04. The summed E-state index contributed by atoms with van der Waals surface area (Å²) in [6, 6.07) is 7.62. The Bertz CT molecular complexity index is 721. The van der Waals surface area contributed by atoms with Crippen molar-refractivity contribution < 1.29 is 18.7 Å². The van der Waals surface area contributed by atoms with Crippen LogP contribution in [0, 0.1) is 11.6 Å². The van der Waals surface area contributed by atoms with Crippen LogP contribution in [0.25, 0.3) is 11.0 Å². The summed E-state index contributed by atoms with van der Waals surface area (Å²) >= 11 is 5.15. The Morgan fingerprint density at radius 1 is 1.22 bits per heavy atom. The first kappa shape index (κ1) is 17.5. The lowest BCUT2D eigenvalue weighted by atomic mass is 10.1. The molecule has 1 aromatic heterocycles. The first-order chi connectivity index (χ1) is 11.1. The van der Waals surface area contributed by atoms with Gasteiger partial charge in [-0.15, -0.1) is 0 Å². The molecule has 0 aliphatic rings. The molecule has 0 bridgehead atoms. The molecule has 0 fully saturated rings. The first-order valence-electron chi connectivity index (χ1n) is 7.93. The summed E-state index contributed by atoms with van der Waals surface area (Å²) < 4.78 is 16.9. The number of hydrogen-bond acceptors (Lipinski definition) is 5. The number of unbranched alkanes of at least 4 members (excludes halogenated alkanes) is 2. The number of carbonyl (C=O) groups is 1. The van der Waals surface area contributed by atoms with Gasteiger partial charge >= 0.3 is 5.97 Å². The first-order valence-corrected chi connectivity index (χ1v) is 8.34. The Balaban J connectivity index is 1.86. The third-order valence-electron chi connectivity index (χ3n) is 3.54. The van der Waals surface area contributed by atoms with Crippen molar-refractivity contribution in [1.29, 1.82) is 0 Å². The summed E-state index contributed by atoms with van der Waals surface area (Å²) in [6.07, 6.45) is 3.13. The molecule has 124 valence electrons. The Hall–Kier alpha value is -1.88. The van der Waals surface area contributed by atoms with E-state index in [-0.39, 0.29) is 5.97 Å². The highest BCUT2D eigenvalue weighted by Crippen LogP contribution is 2.29. The van der Waals surface area contributed by atoms with Gasteiger partial charge in [0.25, 0.3) is 0 Å². The monoisotopic (exact) mass is 334 g/mol. The lowest BCUT2D eigenvalue weighted by Gasteiger charge is -2.10. The van der Waals surface area contributed by atoms with E-state index in [1.807, 2.05) is 25.1 Å².